The Bertz CT molecular complexity index is 390. The molecule has 1 aliphatic rings. The molecule has 0 saturated carbocycles. The van der Waals surface area contributed by atoms with Crippen molar-refractivity contribution in [3.05, 3.63) is 35.9 Å². The lowest BCUT2D eigenvalue weighted by Crippen LogP contribution is -2.59. The van der Waals surface area contributed by atoms with Gasteiger partial charge in [-0.2, -0.15) is 0 Å². The van der Waals surface area contributed by atoms with E-state index in [1.807, 2.05) is 0 Å². The molecular weight excluding hydrogens is 256 g/mol. The molecule has 1 N–H and O–H groups in total. The predicted molar refractivity (Wildman–Crippen MR) is 91.7 cm³/mol. The zero-order valence-electron chi connectivity index (χ0n) is 14.0. The lowest BCUT2D eigenvalue weighted by Gasteiger charge is -2.44. The van der Waals surface area contributed by atoms with E-state index in [1.54, 1.807) is 0 Å². The summed E-state index contributed by atoms with van der Waals surface area (Å²) in [6.07, 6.45) is 6.33. The molecule has 1 aromatic rings. The average molecular weight is 288 g/mol. The van der Waals surface area contributed by atoms with Gasteiger partial charge in [-0.15, -0.1) is 0 Å². The molecule has 2 heteroatoms. The van der Waals surface area contributed by atoms with Gasteiger partial charge in [-0.1, -0.05) is 57.0 Å². The number of nitrogens with zero attached hydrogens (tertiary/aromatic N) is 1. The summed E-state index contributed by atoms with van der Waals surface area (Å²) in [5.41, 5.74) is 1.46. The number of piperazine rings is 1. The van der Waals surface area contributed by atoms with E-state index >= 15 is 0 Å². The third kappa shape index (κ3) is 4.82. The number of hydrogen-bond donors (Lipinski definition) is 1. The first-order valence-corrected chi connectivity index (χ1v) is 8.77. The van der Waals surface area contributed by atoms with E-state index in [9.17, 15) is 0 Å². The van der Waals surface area contributed by atoms with Gasteiger partial charge in [0.1, 0.15) is 0 Å². The second-order valence-corrected chi connectivity index (χ2v) is 6.57. The van der Waals surface area contributed by atoms with Gasteiger partial charge in [0.25, 0.3) is 0 Å². The first kappa shape index (κ1) is 16.5. The van der Waals surface area contributed by atoms with Crippen LogP contribution in [0.5, 0.6) is 0 Å². The molecule has 1 aliphatic heterocycles. The maximum Gasteiger partial charge on any atom is 0.0264 e. The summed E-state index contributed by atoms with van der Waals surface area (Å²) in [6, 6.07) is 13.0. The summed E-state index contributed by atoms with van der Waals surface area (Å²) >= 11 is 0. The van der Waals surface area contributed by atoms with Gasteiger partial charge in [0.15, 0.2) is 0 Å². The van der Waals surface area contributed by atoms with Crippen LogP contribution in [0.2, 0.25) is 0 Å². The third-order valence-corrected chi connectivity index (χ3v) is 4.77. The van der Waals surface area contributed by atoms with Gasteiger partial charge in [-0.05, 0) is 31.7 Å². The Labute approximate surface area is 130 Å². The van der Waals surface area contributed by atoms with Crippen LogP contribution in [0.15, 0.2) is 30.3 Å². The van der Waals surface area contributed by atoms with Crippen LogP contribution in [-0.4, -0.2) is 36.1 Å². The van der Waals surface area contributed by atoms with Crippen molar-refractivity contribution in [2.45, 2.75) is 71.0 Å². The molecule has 1 heterocycles. The molecule has 0 bridgehead atoms. The lowest BCUT2D eigenvalue weighted by molar-refractivity contribution is 0.0815. The topological polar surface area (TPSA) is 15.3 Å². The van der Waals surface area contributed by atoms with Gasteiger partial charge < -0.3 is 5.32 Å². The number of rotatable bonds is 7. The van der Waals surface area contributed by atoms with Crippen molar-refractivity contribution in [3.8, 4) is 0 Å². The molecule has 0 aliphatic carbocycles. The summed E-state index contributed by atoms with van der Waals surface area (Å²) in [7, 11) is 0. The summed E-state index contributed by atoms with van der Waals surface area (Å²) in [5.74, 6) is 0. The van der Waals surface area contributed by atoms with Gasteiger partial charge in [-0.25, -0.2) is 0 Å². The number of benzene rings is 1. The Morgan fingerprint density at radius 3 is 2.62 bits per heavy atom. The predicted octanol–water partition coefficient (Wildman–Crippen LogP) is 3.86. The Morgan fingerprint density at radius 2 is 1.95 bits per heavy atom. The summed E-state index contributed by atoms with van der Waals surface area (Å²) in [5, 5.41) is 3.78. The van der Waals surface area contributed by atoms with Crippen molar-refractivity contribution >= 4 is 0 Å². The molecule has 0 amide bonds. The van der Waals surface area contributed by atoms with Crippen molar-refractivity contribution in [3.63, 3.8) is 0 Å². The van der Waals surface area contributed by atoms with Crippen molar-refractivity contribution in [1.82, 2.24) is 10.2 Å². The largest absolute Gasteiger partial charge is 0.311 e. The smallest absolute Gasteiger partial charge is 0.0264 e. The molecule has 1 fully saturated rings. The number of hydrogen-bond acceptors (Lipinski definition) is 2. The van der Waals surface area contributed by atoms with Crippen LogP contribution in [0.25, 0.3) is 0 Å². The molecule has 1 saturated heterocycles. The second kappa shape index (κ2) is 8.55. The van der Waals surface area contributed by atoms with E-state index in [0.29, 0.717) is 18.1 Å². The Hall–Kier alpha value is -0.860. The van der Waals surface area contributed by atoms with E-state index in [4.69, 9.17) is 0 Å². The van der Waals surface area contributed by atoms with Crippen molar-refractivity contribution in [2.24, 2.45) is 0 Å². The third-order valence-electron chi connectivity index (χ3n) is 4.77. The fourth-order valence-electron chi connectivity index (χ4n) is 3.63. The molecule has 2 nitrogen and oxygen atoms in total. The highest BCUT2D eigenvalue weighted by Gasteiger charge is 2.30. The minimum absolute atomic E-state index is 0.641. The Morgan fingerprint density at radius 1 is 1.19 bits per heavy atom. The van der Waals surface area contributed by atoms with Crippen LogP contribution in [0.3, 0.4) is 0 Å². The monoisotopic (exact) mass is 288 g/mol. The minimum atomic E-state index is 0.641. The Kier molecular flexibility index (Phi) is 6.72. The molecule has 21 heavy (non-hydrogen) atoms. The van der Waals surface area contributed by atoms with Gasteiger partial charge in [-0.3, -0.25) is 4.90 Å². The highest BCUT2D eigenvalue weighted by atomic mass is 15.2. The van der Waals surface area contributed by atoms with Crippen molar-refractivity contribution < 1.29 is 0 Å². The van der Waals surface area contributed by atoms with Gasteiger partial charge >= 0.3 is 0 Å². The molecule has 3 unspecified atom stereocenters. The maximum absolute atomic E-state index is 3.78. The van der Waals surface area contributed by atoms with E-state index in [0.717, 1.165) is 6.54 Å². The normalized spacial score (nSPS) is 24.9. The first-order chi connectivity index (χ1) is 10.2. The molecule has 2 rings (SSSR count). The zero-order valence-corrected chi connectivity index (χ0v) is 14.0. The van der Waals surface area contributed by atoms with Crippen LogP contribution in [0, 0.1) is 0 Å². The van der Waals surface area contributed by atoms with Gasteiger partial charge in [0, 0.05) is 31.2 Å². The lowest BCUT2D eigenvalue weighted by atomic mass is 9.96. The molecule has 1 aromatic carbocycles. The fraction of sp³-hybridized carbons (Fsp3) is 0.684. The highest BCUT2D eigenvalue weighted by Crippen LogP contribution is 2.20. The zero-order chi connectivity index (χ0) is 15.1. The van der Waals surface area contributed by atoms with E-state index in [2.05, 4.69) is 61.3 Å². The molecule has 0 radical (unpaired) electrons. The van der Waals surface area contributed by atoms with Crippen LogP contribution >= 0.6 is 0 Å². The van der Waals surface area contributed by atoms with Crippen LogP contribution in [0.4, 0.5) is 0 Å². The minimum Gasteiger partial charge on any atom is -0.311 e. The van der Waals surface area contributed by atoms with E-state index in [1.165, 1.54) is 44.2 Å². The van der Waals surface area contributed by atoms with Crippen LogP contribution < -0.4 is 5.32 Å². The molecule has 0 spiro atoms. The molecule has 3 atom stereocenters. The van der Waals surface area contributed by atoms with Gasteiger partial charge in [0.2, 0.25) is 0 Å². The van der Waals surface area contributed by atoms with E-state index < -0.39 is 0 Å². The van der Waals surface area contributed by atoms with Crippen molar-refractivity contribution in [2.75, 3.05) is 13.1 Å². The summed E-state index contributed by atoms with van der Waals surface area (Å²) < 4.78 is 0. The Balaban J connectivity index is 2.02. The quantitative estimate of drug-likeness (QED) is 0.819. The van der Waals surface area contributed by atoms with Crippen LogP contribution in [0.1, 0.15) is 52.0 Å². The van der Waals surface area contributed by atoms with Gasteiger partial charge in [0.05, 0.1) is 0 Å². The standard InChI is InChI=1S/C19H32N2/c1-4-9-16(3)21-15-18(10-5-2)20-14-19(21)13-17-11-7-6-8-12-17/h6-8,11-12,16,18-20H,4-5,9-10,13-15H2,1-3H3. The fourth-order valence-corrected chi connectivity index (χ4v) is 3.63. The second-order valence-electron chi connectivity index (χ2n) is 6.57. The SMILES string of the molecule is CCCC1CN(C(C)CCC)C(Cc2ccccc2)CN1. The van der Waals surface area contributed by atoms with Crippen LogP contribution in [-0.2, 0) is 6.42 Å². The number of nitrogens with one attached hydrogen (secondary N) is 1. The molecular formula is C19H32N2. The van der Waals surface area contributed by atoms with Crippen molar-refractivity contribution in [1.29, 1.82) is 0 Å². The highest BCUT2D eigenvalue weighted by molar-refractivity contribution is 5.16. The summed E-state index contributed by atoms with van der Waals surface area (Å²) in [6.45, 7) is 9.35. The molecule has 0 aromatic heterocycles. The molecule has 118 valence electrons. The van der Waals surface area contributed by atoms with E-state index in [-0.39, 0.29) is 0 Å². The average Bonchev–Trinajstić information content (AvgIpc) is 2.50. The summed E-state index contributed by atoms with van der Waals surface area (Å²) in [4.78, 5) is 2.77. The maximum atomic E-state index is 3.78. The first-order valence-electron chi connectivity index (χ1n) is 8.77.